The van der Waals surface area contributed by atoms with Gasteiger partial charge >= 0.3 is 6.03 Å². The predicted octanol–water partition coefficient (Wildman–Crippen LogP) is 0.105. The van der Waals surface area contributed by atoms with E-state index in [2.05, 4.69) is 15.3 Å². The summed E-state index contributed by atoms with van der Waals surface area (Å²) < 4.78 is 22.8. The summed E-state index contributed by atoms with van der Waals surface area (Å²) in [6.07, 6.45) is 2.56. The highest BCUT2D eigenvalue weighted by Crippen LogP contribution is 2.25. The number of hydrogen-bond acceptors (Lipinski definition) is 6. The molecular weight excluding hydrogens is 284 g/mol. The van der Waals surface area contributed by atoms with Gasteiger partial charge in [0.05, 0.1) is 0 Å². The Morgan fingerprint density at radius 1 is 1.40 bits per heavy atom. The number of nitrogens with one attached hydrogen (secondary N) is 1. The Balaban J connectivity index is 2.48. The van der Waals surface area contributed by atoms with Crippen molar-refractivity contribution in [2.24, 2.45) is 0 Å². The summed E-state index contributed by atoms with van der Waals surface area (Å²) in [7, 11) is -3.62. The largest absolute Gasteiger partial charge is 0.330 e. The van der Waals surface area contributed by atoms with Crippen LogP contribution in [-0.4, -0.2) is 42.1 Å². The van der Waals surface area contributed by atoms with Crippen molar-refractivity contribution in [3.63, 3.8) is 0 Å². The summed E-state index contributed by atoms with van der Waals surface area (Å²) >= 11 is 0. The molecule has 0 aromatic carbocycles. The van der Waals surface area contributed by atoms with Gasteiger partial charge in [0.15, 0.2) is 0 Å². The number of urea groups is 1. The molecule has 1 N–H and O–H groups in total. The van der Waals surface area contributed by atoms with Crippen LogP contribution in [-0.2, 0) is 14.6 Å². The van der Waals surface area contributed by atoms with Crippen LogP contribution < -0.4 is 10.2 Å². The Hall–Kier alpha value is -2.03. The van der Waals surface area contributed by atoms with Gasteiger partial charge < -0.3 is 5.32 Å². The topological polar surface area (TPSA) is 109 Å². The van der Waals surface area contributed by atoms with E-state index in [1.54, 1.807) is 13.8 Å². The molecule has 108 valence electrons. The standard InChI is InChI=1S/C11H14N4O4S/c1-4-11(2)8(16)15(10(17)14-11)7-5-6-12-9(13-7)20(3,18)19/h5-6H,4H2,1-3H3,(H,14,17)/t11-/m1/s1. The second kappa shape index (κ2) is 4.51. The van der Waals surface area contributed by atoms with Crippen molar-refractivity contribution in [3.8, 4) is 0 Å². The lowest BCUT2D eigenvalue weighted by molar-refractivity contribution is -0.121. The zero-order valence-electron chi connectivity index (χ0n) is 11.2. The predicted molar refractivity (Wildman–Crippen MR) is 69.9 cm³/mol. The van der Waals surface area contributed by atoms with Crippen LogP contribution in [0.15, 0.2) is 17.4 Å². The van der Waals surface area contributed by atoms with Crippen molar-refractivity contribution in [2.45, 2.75) is 31.0 Å². The Kier molecular flexibility index (Phi) is 3.24. The number of hydrogen-bond donors (Lipinski definition) is 1. The SMILES string of the molecule is CC[C@@]1(C)NC(=O)N(c2ccnc(S(C)(=O)=O)n2)C1=O. The minimum atomic E-state index is -3.62. The number of aromatic nitrogens is 2. The first-order valence-corrected chi connectivity index (χ1v) is 7.78. The molecule has 0 spiro atoms. The lowest BCUT2D eigenvalue weighted by Crippen LogP contribution is -2.43. The maximum absolute atomic E-state index is 12.3. The summed E-state index contributed by atoms with van der Waals surface area (Å²) in [6, 6.07) is 0.686. The molecule has 9 heteroatoms. The van der Waals surface area contributed by atoms with Crippen molar-refractivity contribution < 1.29 is 18.0 Å². The van der Waals surface area contributed by atoms with Crippen molar-refractivity contribution in [1.82, 2.24) is 15.3 Å². The number of rotatable bonds is 3. The third-order valence-corrected chi connectivity index (χ3v) is 4.01. The van der Waals surface area contributed by atoms with Gasteiger partial charge in [-0.05, 0) is 13.3 Å². The van der Waals surface area contributed by atoms with Gasteiger partial charge in [-0.1, -0.05) is 6.92 Å². The average Bonchev–Trinajstić information content (AvgIpc) is 2.60. The van der Waals surface area contributed by atoms with E-state index < -0.39 is 32.5 Å². The molecule has 1 atom stereocenters. The molecule has 0 bridgehead atoms. The molecule has 0 aliphatic carbocycles. The fourth-order valence-electron chi connectivity index (χ4n) is 1.77. The monoisotopic (exact) mass is 298 g/mol. The van der Waals surface area contributed by atoms with E-state index >= 15 is 0 Å². The first-order chi connectivity index (χ1) is 9.19. The smallest absolute Gasteiger partial charge is 0.323 e. The van der Waals surface area contributed by atoms with Crippen molar-refractivity contribution in [3.05, 3.63) is 12.3 Å². The molecule has 2 heterocycles. The molecular formula is C11H14N4O4S. The van der Waals surface area contributed by atoms with E-state index in [0.29, 0.717) is 6.42 Å². The van der Waals surface area contributed by atoms with Crippen LogP contribution in [0, 0.1) is 0 Å². The Bertz CT molecular complexity index is 687. The highest BCUT2D eigenvalue weighted by atomic mass is 32.2. The van der Waals surface area contributed by atoms with Crippen LogP contribution in [0.2, 0.25) is 0 Å². The van der Waals surface area contributed by atoms with Crippen molar-refractivity contribution in [1.29, 1.82) is 0 Å². The number of anilines is 1. The molecule has 8 nitrogen and oxygen atoms in total. The average molecular weight is 298 g/mol. The summed E-state index contributed by atoms with van der Waals surface area (Å²) in [5.74, 6) is -0.525. The van der Waals surface area contributed by atoms with Gasteiger partial charge in [0.2, 0.25) is 15.0 Å². The van der Waals surface area contributed by atoms with Gasteiger partial charge in [0.25, 0.3) is 5.91 Å². The quantitative estimate of drug-likeness (QED) is 0.626. The zero-order chi connectivity index (χ0) is 15.1. The molecule has 3 amide bonds. The number of amides is 3. The van der Waals surface area contributed by atoms with E-state index in [9.17, 15) is 18.0 Å². The third-order valence-electron chi connectivity index (χ3n) is 3.15. The number of sulfone groups is 1. The molecule has 20 heavy (non-hydrogen) atoms. The van der Waals surface area contributed by atoms with Gasteiger partial charge in [0, 0.05) is 18.5 Å². The number of imide groups is 1. The Morgan fingerprint density at radius 2 is 2.05 bits per heavy atom. The molecule has 0 radical (unpaired) electrons. The van der Waals surface area contributed by atoms with E-state index in [1.807, 2.05) is 0 Å². The van der Waals surface area contributed by atoms with Gasteiger partial charge in [-0.25, -0.2) is 23.1 Å². The first-order valence-electron chi connectivity index (χ1n) is 5.89. The Labute approximate surface area is 116 Å². The minimum absolute atomic E-state index is 0.0555. The van der Waals surface area contributed by atoms with Crippen LogP contribution in [0.3, 0.4) is 0 Å². The lowest BCUT2D eigenvalue weighted by atomic mass is 9.99. The second-order valence-corrected chi connectivity index (χ2v) is 6.64. The maximum Gasteiger partial charge on any atom is 0.330 e. The van der Waals surface area contributed by atoms with Crippen LogP contribution in [0.1, 0.15) is 20.3 Å². The molecule has 0 saturated carbocycles. The van der Waals surface area contributed by atoms with Crippen LogP contribution in [0.4, 0.5) is 10.6 Å². The van der Waals surface area contributed by atoms with E-state index in [1.165, 1.54) is 12.3 Å². The fourth-order valence-corrected chi connectivity index (χ4v) is 2.28. The summed E-state index contributed by atoms with van der Waals surface area (Å²) in [6.45, 7) is 3.37. The van der Waals surface area contributed by atoms with Crippen LogP contribution in [0.25, 0.3) is 0 Å². The minimum Gasteiger partial charge on any atom is -0.323 e. The molecule has 0 unspecified atom stereocenters. The molecule has 1 aromatic heterocycles. The number of carbonyl (C=O) groups is 2. The molecule has 2 rings (SSSR count). The molecule has 1 fully saturated rings. The van der Waals surface area contributed by atoms with Crippen LogP contribution in [0.5, 0.6) is 0 Å². The highest BCUT2D eigenvalue weighted by molar-refractivity contribution is 7.90. The van der Waals surface area contributed by atoms with E-state index in [4.69, 9.17) is 0 Å². The van der Waals surface area contributed by atoms with E-state index in [0.717, 1.165) is 11.2 Å². The second-order valence-electron chi connectivity index (χ2n) is 4.73. The maximum atomic E-state index is 12.3. The molecule has 1 aliphatic heterocycles. The van der Waals surface area contributed by atoms with Gasteiger partial charge in [-0.3, -0.25) is 4.79 Å². The van der Waals surface area contributed by atoms with Gasteiger partial charge in [0.1, 0.15) is 11.4 Å². The number of nitrogens with zero attached hydrogens (tertiary/aromatic N) is 3. The summed E-state index contributed by atoms with van der Waals surface area (Å²) in [5, 5.41) is 2.13. The highest BCUT2D eigenvalue weighted by Gasteiger charge is 2.47. The molecule has 1 aliphatic rings. The third kappa shape index (κ3) is 2.24. The normalized spacial score (nSPS) is 23.1. The lowest BCUT2D eigenvalue weighted by Gasteiger charge is -2.18. The van der Waals surface area contributed by atoms with Crippen molar-refractivity contribution in [2.75, 3.05) is 11.2 Å². The van der Waals surface area contributed by atoms with Gasteiger partial charge in [-0.15, -0.1) is 0 Å². The zero-order valence-corrected chi connectivity index (χ0v) is 12.1. The molecule has 1 saturated heterocycles. The van der Waals surface area contributed by atoms with Gasteiger partial charge in [-0.2, -0.15) is 4.98 Å². The summed E-state index contributed by atoms with van der Waals surface area (Å²) in [4.78, 5) is 32.4. The first kappa shape index (κ1) is 14.4. The Morgan fingerprint density at radius 3 is 2.55 bits per heavy atom. The van der Waals surface area contributed by atoms with Crippen LogP contribution >= 0.6 is 0 Å². The van der Waals surface area contributed by atoms with E-state index in [-0.39, 0.29) is 5.82 Å². The van der Waals surface area contributed by atoms with Crippen molar-refractivity contribution >= 4 is 27.6 Å². The fraction of sp³-hybridized carbons (Fsp3) is 0.455. The number of carbonyl (C=O) groups excluding carboxylic acids is 2. The summed E-state index contributed by atoms with van der Waals surface area (Å²) in [5.41, 5.74) is -1.01. The molecule has 1 aromatic rings.